The average molecular weight is 240 g/mol. The number of rotatable bonds is 2. The molecular formula is C10H12N2O3S. The van der Waals surface area contributed by atoms with Crippen LogP contribution < -0.4 is 10.9 Å². The van der Waals surface area contributed by atoms with Crippen LogP contribution in [0.4, 0.5) is 0 Å². The molecule has 1 aromatic carbocycles. The lowest BCUT2D eigenvalue weighted by molar-refractivity contribution is -0.123. The second kappa shape index (κ2) is 4.23. The molecule has 1 aromatic rings. The quantitative estimate of drug-likeness (QED) is 0.774. The Morgan fingerprint density at radius 2 is 1.88 bits per heavy atom. The largest absolute Gasteiger partial charge is 0.290 e. The van der Waals surface area contributed by atoms with Crippen LogP contribution in [0.2, 0.25) is 0 Å². The van der Waals surface area contributed by atoms with Crippen molar-refractivity contribution in [3.05, 3.63) is 30.3 Å². The molecule has 5 nitrogen and oxygen atoms in total. The van der Waals surface area contributed by atoms with Crippen LogP contribution in [0.15, 0.2) is 35.2 Å². The Bertz CT molecular complexity index is 474. The first kappa shape index (κ1) is 11.1. The van der Waals surface area contributed by atoms with Gasteiger partial charge in [0.15, 0.2) is 9.84 Å². The molecule has 0 bridgehead atoms. The van der Waals surface area contributed by atoms with Crippen LogP contribution in [-0.4, -0.2) is 19.7 Å². The summed E-state index contributed by atoms with van der Waals surface area (Å²) in [5.41, 5.74) is 4.86. The zero-order valence-electron chi connectivity index (χ0n) is 8.51. The van der Waals surface area contributed by atoms with E-state index < -0.39 is 15.2 Å². The number of carbonyl (C=O) groups is 1. The Kier molecular flexibility index (Phi) is 2.93. The molecule has 0 aliphatic carbocycles. The summed E-state index contributed by atoms with van der Waals surface area (Å²) in [6.45, 7) is 0. The third-order valence-corrected chi connectivity index (χ3v) is 4.48. The molecule has 16 heavy (non-hydrogen) atoms. The summed E-state index contributed by atoms with van der Waals surface area (Å²) in [5, 5.41) is -0.743. The van der Waals surface area contributed by atoms with E-state index in [2.05, 4.69) is 10.9 Å². The van der Waals surface area contributed by atoms with Gasteiger partial charge in [0.25, 0.3) is 0 Å². The molecule has 1 saturated heterocycles. The molecule has 0 radical (unpaired) electrons. The van der Waals surface area contributed by atoms with Crippen molar-refractivity contribution in [1.29, 1.82) is 0 Å². The summed E-state index contributed by atoms with van der Waals surface area (Å²) in [4.78, 5) is 11.2. The molecule has 1 atom stereocenters. The summed E-state index contributed by atoms with van der Waals surface area (Å²) < 4.78 is 24.2. The monoisotopic (exact) mass is 240 g/mol. The van der Waals surface area contributed by atoms with Crippen molar-refractivity contribution in [2.24, 2.45) is 0 Å². The van der Waals surface area contributed by atoms with Gasteiger partial charge in [0.2, 0.25) is 5.91 Å². The number of hydrogen-bond donors (Lipinski definition) is 2. The third kappa shape index (κ3) is 2.07. The Hall–Kier alpha value is -1.40. The Morgan fingerprint density at radius 3 is 2.44 bits per heavy atom. The predicted molar refractivity (Wildman–Crippen MR) is 57.9 cm³/mol. The van der Waals surface area contributed by atoms with Gasteiger partial charge in [0.05, 0.1) is 4.90 Å². The second-order valence-corrected chi connectivity index (χ2v) is 5.71. The fraction of sp³-hybridized carbons (Fsp3) is 0.300. The van der Waals surface area contributed by atoms with Gasteiger partial charge in [-0.05, 0) is 18.6 Å². The van der Waals surface area contributed by atoms with Crippen molar-refractivity contribution in [1.82, 2.24) is 10.9 Å². The lowest BCUT2D eigenvalue weighted by Gasteiger charge is -2.23. The minimum absolute atomic E-state index is 0.181. The number of carbonyl (C=O) groups excluding carboxylic acids is 1. The van der Waals surface area contributed by atoms with Gasteiger partial charge in [-0.1, -0.05) is 18.2 Å². The maximum atomic E-state index is 12.1. The van der Waals surface area contributed by atoms with E-state index in [1.54, 1.807) is 30.3 Å². The minimum Gasteiger partial charge on any atom is -0.290 e. The molecule has 0 spiro atoms. The zero-order chi connectivity index (χ0) is 11.6. The molecule has 2 rings (SSSR count). The highest BCUT2D eigenvalue weighted by Crippen LogP contribution is 2.18. The van der Waals surface area contributed by atoms with E-state index in [4.69, 9.17) is 0 Å². The first-order chi connectivity index (χ1) is 7.60. The Labute approximate surface area is 93.7 Å². The number of hydrazine groups is 1. The van der Waals surface area contributed by atoms with Gasteiger partial charge in [0, 0.05) is 6.42 Å². The average Bonchev–Trinajstić information content (AvgIpc) is 2.31. The van der Waals surface area contributed by atoms with Crippen molar-refractivity contribution in [3.63, 3.8) is 0 Å². The van der Waals surface area contributed by atoms with E-state index in [9.17, 15) is 13.2 Å². The van der Waals surface area contributed by atoms with Crippen molar-refractivity contribution in [2.75, 3.05) is 0 Å². The topological polar surface area (TPSA) is 75.3 Å². The maximum absolute atomic E-state index is 12.1. The smallest absolute Gasteiger partial charge is 0.234 e. The first-order valence-electron chi connectivity index (χ1n) is 4.94. The summed E-state index contributed by atoms with van der Waals surface area (Å²) in [7, 11) is -3.41. The van der Waals surface area contributed by atoms with Gasteiger partial charge in [-0.25, -0.2) is 13.8 Å². The van der Waals surface area contributed by atoms with Crippen LogP contribution in [-0.2, 0) is 14.6 Å². The highest BCUT2D eigenvalue weighted by atomic mass is 32.2. The van der Waals surface area contributed by atoms with E-state index in [0.29, 0.717) is 6.42 Å². The minimum atomic E-state index is -3.41. The van der Waals surface area contributed by atoms with Crippen LogP contribution in [0.25, 0.3) is 0 Å². The molecule has 1 fully saturated rings. The van der Waals surface area contributed by atoms with Crippen molar-refractivity contribution >= 4 is 15.7 Å². The normalized spacial score (nSPS) is 21.5. The van der Waals surface area contributed by atoms with Gasteiger partial charge in [0.1, 0.15) is 5.37 Å². The fourth-order valence-electron chi connectivity index (χ4n) is 1.57. The zero-order valence-corrected chi connectivity index (χ0v) is 9.33. The van der Waals surface area contributed by atoms with Gasteiger partial charge < -0.3 is 0 Å². The lowest BCUT2D eigenvalue weighted by atomic mass is 10.3. The maximum Gasteiger partial charge on any atom is 0.234 e. The standard InChI is InChI=1S/C10H12N2O3S/c13-9-6-7-10(12-11-9)16(14,15)8-4-2-1-3-5-8/h1-5,10,12H,6-7H2,(H,11,13). The van der Waals surface area contributed by atoms with Crippen LogP contribution >= 0.6 is 0 Å². The number of amides is 1. The molecule has 0 saturated carbocycles. The van der Waals surface area contributed by atoms with Crippen molar-refractivity contribution in [3.8, 4) is 0 Å². The van der Waals surface area contributed by atoms with Gasteiger partial charge in [-0.3, -0.25) is 10.2 Å². The fourth-order valence-corrected chi connectivity index (χ4v) is 3.07. The highest BCUT2D eigenvalue weighted by Gasteiger charge is 2.30. The summed E-state index contributed by atoms with van der Waals surface area (Å²) in [6.07, 6.45) is 0.521. The SMILES string of the molecule is O=C1CCC(S(=O)(=O)c2ccccc2)NN1. The van der Waals surface area contributed by atoms with E-state index in [0.717, 1.165) is 0 Å². The van der Waals surface area contributed by atoms with Crippen LogP contribution in [0.1, 0.15) is 12.8 Å². The van der Waals surface area contributed by atoms with Gasteiger partial charge in [-0.2, -0.15) is 0 Å². The number of hydrogen-bond acceptors (Lipinski definition) is 4. The van der Waals surface area contributed by atoms with Crippen LogP contribution in [0.5, 0.6) is 0 Å². The van der Waals surface area contributed by atoms with Gasteiger partial charge in [-0.15, -0.1) is 0 Å². The van der Waals surface area contributed by atoms with Crippen LogP contribution in [0.3, 0.4) is 0 Å². The highest BCUT2D eigenvalue weighted by molar-refractivity contribution is 7.92. The van der Waals surface area contributed by atoms with E-state index >= 15 is 0 Å². The molecule has 1 amide bonds. The molecule has 2 N–H and O–H groups in total. The second-order valence-electron chi connectivity index (χ2n) is 3.58. The number of nitrogens with one attached hydrogen (secondary N) is 2. The Morgan fingerprint density at radius 1 is 1.19 bits per heavy atom. The van der Waals surface area contributed by atoms with Crippen LogP contribution in [0, 0.1) is 0 Å². The third-order valence-electron chi connectivity index (χ3n) is 2.45. The summed E-state index contributed by atoms with van der Waals surface area (Å²) >= 11 is 0. The lowest BCUT2D eigenvalue weighted by Crippen LogP contribution is -2.52. The molecular weight excluding hydrogens is 228 g/mol. The van der Waals surface area contributed by atoms with Crippen molar-refractivity contribution in [2.45, 2.75) is 23.1 Å². The number of benzene rings is 1. The van der Waals surface area contributed by atoms with E-state index in [1.165, 1.54) is 0 Å². The summed E-state index contributed by atoms with van der Waals surface area (Å²) in [5.74, 6) is -0.181. The van der Waals surface area contributed by atoms with E-state index in [1.807, 2.05) is 0 Å². The molecule has 1 heterocycles. The molecule has 1 aliphatic heterocycles. The molecule has 6 heteroatoms. The molecule has 1 aliphatic rings. The first-order valence-corrected chi connectivity index (χ1v) is 6.48. The molecule has 1 unspecified atom stereocenters. The Balaban J connectivity index is 2.23. The van der Waals surface area contributed by atoms with Gasteiger partial charge >= 0.3 is 0 Å². The predicted octanol–water partition coefficient (Wildman–Crippen LogP) is 0.201. The molecule has 86 valence electrons. The van der Waals surface area contributed by atoms with E-state index in [-0.39, 0.29) is 17.2 Å². The molecule has 0 aromatic heterocycles. The summed E-state index contributed by atoms with van der Waals surface area (Å²) in [6, 6.07) is 8.21. The number of sulfone groups is 1. The van der Waals surface area contributed by atoms with Crippen molar-refractivity contribution < 1.29 is 13.2 Å².